The van der Waals surface area contributed by atoms with Gasteiger partial charge in [-0.15, -0.1) is 11.3 Å². The Kier molecular flexibility index (Phi) is 5.11. The number of carbonyl (C=O) groups excluding carboxylic acids is 1. The second kappa shape index (κ2) is 7.04. The van der Waals surface area contributed by atoms with Gasteiger partial charge in [-0.3, -0.25) is 9.59 Å². The quantitative estimate of drug-likeness (QED) is 0.854. The van der Waals surface area contributed by atoms with Crippen molar-refractivity contribution in [2.45, 2.75) is 19.3 Å². The molecule has 116 valence electrons. The maximum atomic E-state index is 12.2. The highest BCUT2D eigenvalue weighted by Gasteiger charge is 2.19. The van der Waals surface area contributed by atoms with E-state index < -0.39 is 11.9 Å². The fourth-order valence-corrected chi connectivity index (χ4v) is 2.67. The number of carboxylic acid groups (broad SMARTS) is 1. The van der Waals surface area contributed by atoms with Gasteiger partial charge in [0.2, 0.25) is 5.91 Å². The zero-order valence-electron chi connectivity index (χ0n) is 12.2. The van der Waals surface area contributed by atoms with Gasteiger partial charge in [0, 0.05) is 11.1 Å². The fraction of sp³-hybridized carbons (Fsp3) is 0.267. The minimum atomic E-state index is -0.938. The topological polar surface area (TPSA) is 88.5 Å². The van der Waals surface area contributed by atoms with E-state index in [2.05, 4.69) is 10.3 Å². The van der Waals surface area contributed by atoms with E-state index in [1.165, 1.54) is 11.3 Å². The maximum absolute atomic E-state index is 12.2. The molecular weight excluding hydrogens is 304 g/mol. The van der Waals surface area contributed by atoms with Crippen molar-refractivity contribution in [3.05, 3.63) is 40.3 Å². The molecule has 7 heteroatoms. The Morgan fingerprint density at radius 2 is 2.05 bits per heavy atom. The SMILES string of the molecule is COc1ccc(NC(=O)[C@H](C)c2nc(CC(=O)O)cs2)cc1. The number of hydrogen-bond donors (Lipinski definition) is 2. The number of thiazole rings is 1. The average Bonchev–Trinajstić information content (AvgIpc) is 2.94. The molecule has 1 atom stereocenters. The van der Waals surface area contributed by atoms with Crippen LogP contribution in [0.2, 0.25) is 0 Å². The molecule has 0 spiro atoms. The van der Waals surface area contributed by atoms with Gasteiger partial charge in [0.15, 0.2) is 0 Å². The maximum Gasteiger partial charge on any atom is 0.309 e. The minimum Gasteiger partial charge on any atom is -0.497 e. The molecule has 0 radical (unpaired) electrons. The number of ether oxygens (including phenoxy) is 1. The van der Waals surface area contributed by atoms with Crippen LogP contribution in [0.1, 0.15) is 23.5 Å². The third kappa shape index (κ3) is 4.05. The van der Waals surface area contributed by atoms with Crippen molar-refractivity contribution in [1.29, 1.82) is 0 Å². The zero-order chi connectivity index (χ0) is 16.1. The summed E-state index contributed by atoms with van der Waals surface area (Å²) < 4.78 is 5.06. The summed E-state index contributed by atoms with van der Waals surface area (Å²) in [6.45, 7) is 1.74. The number of benzene rings is 1. The Balaban J connectivity index is 2.01. The van der Waals surface area contributed by atoms with Crippen molar-refractivity contribution in [2.24, 2.45) is 0 Å². The van der Waals surface area contributed by atoms with Gasteiger partial charge in [-0.25, -0.2) is 4.98 Å². The van der Waals surface area contributed by atoms with Gasteiger partial charge in [-0.05, 0) is 31.2 Å². The van der Waals surface area contributed by atoms with Gasteiger partial charge < -0.3 is 15.2 Å². The van der Waals surface area contributed by atoms with Crippen LogP contribution in [0.5, 0.6) is 5.75 Å². The summed E-state index contributed by atoms with van der Waals surface area (Å²) in [5.74, 6) is -0.868. The van der Waals surface area contributed by atoms with Gasteiger partial charge in [-0.2, -0.15) is 0 Å². The standard InChI is InChI=1S/C15H16N2O4S/c1-9(15-17-11(8-22-15)7-13(18)19)14(20)16-10-3-5-12(21-2)6-4-10/h3-6,8-9H,7H2,1-2H3,(H,16,20)(H,18,19)/t9-/m0/s1. The number of carbonyl (C=O) groups is 2. The highest BCUT2D eigenvalue weighted by atomic mass is 32.1. The first-order valence-corrected chi connectivity index (χ1v) is 7.48. The van der Waals surface area contributed by atoms with Crippen molar-refractivity contribution < 1.29 is 19.4 Å². The largest absolute Gasteiger partial charge is 0.497 e. The van der Waals surface area contributed by atoms with E-state index in [1.807, 2.05) is 0 Å². The van der Waals surface area contributed by atoms with Crippen LogP contribution in [0.4, 0.5) is 5.69 Å². The van der Waals surface area contributed by atoms with Crippen LogP contribution in [-0.2, 0) is 16.0 Å². The van der Waals surface area contributed by atoms with E-state index in [0.29, 0.717) is 22.1 Å². The molecule has 0 aliphatic heterocycles. The summed E-state index contributed by atoms with van der Waals surface area (Å²) in [6, 6.07) is 7.02. The number of hydrogen-bond acceptors (Lipinski definition) is 5. The highest BCUT2D eigenvalue weighted by Crippen LogP contribution is 2.23. The van der Waals surface area contributed by atoms with E-state index in [0.717, 1.165) is 0 Å². The van der Waals surface area contributed by atoms with Gasteiger partial charge in [0.1, 0.15) is 10.8 Å². The highest BCUT2D eigenvalue weighted by molar-refractivity contribution is 7.09. The first-order valence-electron chi connectivity index (χ1n) is 6.60. The monoisotopic (exact) mass is 320 g/mol. The first-order chi connectivity index (χ1) is 10.5. The lowest BCUT2D eigenvalue weighted by Crippen LogP contribution is -2.18. The number of aliphatic carboxylic acids is 1. The molecule has 0 fully saturated rings. The van der Waals surface area contributed by atoms with Crippen molar-refractivity contribution in [1.82, 2.24) is 4.98 Å². The fourth-order valence-electron chi connectivity index (χ4n) is 1.79. The molecule has 0 unspecified atom stereocenters. The Morgan fingerprint density at radius 3 is 2.64 bits per heavy atom. The second-order valence-electron chi connectivity index (χ2n) is 4.69. The van der Waals surface area contributed by atoms with Crippen molar-refractivity contribution in [2.75, 3.05) is 12.4 Å². The van der Waals surface area contributed by atoms with Crippen LogP contribution in [0, 0.1) is 0 Å². The summed E-state index contributed by atoms with van der Waals surface area (Å²) in [5.41, 5.74) is 1.14. The van der Waals surface area contributed by atoms with Crippen LogP contribution in [-0.4, -0.2) is 29.1 Å². The molecule has 1 heterocycles. The molecule has 0 aliphatic carbocycles. The molecule has 22 heavy (non-hydrogen) atoms. The van der Waals surface area contributed by atoms with Crippen molar-refractivity contribution in [3.63, 3.8) is 0 Å². The van der Waals surface area contributed by atoms with Crippen LogP contribution < -0.4 is 10.1 Å². The van der Waals surface area contributed by atoms with E-state index >= 15 is 0 Å². The van der Waals surface area contributed by atoms with Crippen LogP contribution in [0.3, 0.4) is 0 Å². The molecule has 1 amide bonds. The van der Waals surface area contributed by atoms with E-state index in [1.54, 1.807) is 43.7 Å². The number of anilines is 1. The predicted molar refractivity (Wildman–Crippen MR) is 83.5 cm³/mol. The smallest absolute Gasteiger partial charge is 0.309 e. The molecule has 0 bridgehead atoms. The zero-order valence-corrected chi connectivity index (χ0v) is 13.0. The molecule has 6 nitrogen and oxygen atoms in total. The molecule has 2 N–H and O–H groups in total. The van der Waals surface area contributed by atoms with Crippen LogP contribution >= 0.6 is 11.3 Å². The number of amides is 1. The normalized spacial score (nSPS) is 11.7. The van der Waals surface area contributed by atoms with Gasteiger partial charge in [0.05, 0.1) is 25.1 Å². The summed E-state index contributed by atoms with van der Waals surface area (Å²) in [5, 5.41) is 13.8. The van der Waals surface area contributed by atoms with Gasteiger partial charge in [0.25, 0.3) is 0 Å². The summed E-state index contributed by atoms with van der Waals surface area (Å²) in [7, 11) is 1.58. The molecule has 0 aliphatic rings. The second-order valence-corrected chi connectivity index (χ2v) is 5.58. The molecule has 0 saturated heterocycles. The predicted octanol–water partition coefficient (Wildman–Crippen LogP) is 2.52. The van der Waals surface area contributed by atoms with Crippen molar-refractivity contribution >= 4 is 28.9 Å². The first kappa shape index (κ1) is 16.0. The molecule has 2 rings (SSSR count). The minimum absolute atomic E-state index is 0.136. The summed E-state index contributed by atoms with van der Waals surface area (Å²) >= 11 is 1.29. The molecule has 1 aromatic heterocycles. The number of nitrogens with zero attached hydrogens (tertiary/aromatic N) is 1. The third-order valence-corrected chi connectivity index (χ3v) is 4.10. The number of rotatable bonds is 6. The third-order valence-electron chi connectivity index (χ3n) is 3.02. The van der Waals surface area contributed by atoms with Gasteiger partial charge >= 0.3 is 5.97 Å². The van der Waals surface area contributed by atoms with Crippen molar-refractivity contribution in [3.8, 4) is 5.75 Å². The summed E-state index contributed by atoms with van der Waals surface area (Å²) in [4.78, 5) is 27.1. The Morgan fingerprint density at radius 1 is 1.36 bits per heavy atom. The number of nitrogens with one attached hydrogen (secondary N) is 1. The van der Waals surface area contributed by atoms with Crippen LogP contribution in [0.25, 0.3) is 0 Å². The Bertz CT molecular complexity index is 666. The number of carboxylic acids is 1. The van der Waals surface area contributed by atoms with E-state index in [9.17, 15) is 9.59 Å². The van der Waals surface area contributed by atoms with Gasteiger partial charge in [-0.1, -0.05) is 0 Å². The number of aromatic nitrogens is 1. The Labute approximate surface area is 131 Å². The summed E-state index contributed by atoms with van der Waals surface area (Å²) in [6.07, 6.45) is -0.136. The van der Waals surface area contributed by atoms with E-state index in [4.69, 9.17) is 9.84 Å². The van der Waals surface area contributed by atoms with E-state index in [-0.39, 0.29) is 12.3 Å². The average molecular weight is 320 g/mol. The number of methoxy groups -OCH3 is 1. The lowest BCUT2D eigenvalue weighted by molar-refractivity contribution is -0.136. The molecular formula is C15H16N2O4S. The lowest BCUT2D eigenvalue weighted by Gasteiger charge is -2.10. The molecule has 1 aromatic carbocycles. The molecule has 0 saturated carbocycles. The Hall–Kier alpha value is -2.41. The molecule has 2 aromatic rings. The van der Waals surface area contributed by atoms with Crippen LogP contribution in [0.15, 0.2) is 29.6 Å². The lowest BCUT2D eigenvalue weighted by atomic mass is 10.1.